The first-order chi connectivity index (χ1) is 12.3. The van der Waals surface area contributed by atoms with Crippen LogP contribution in [0.1, 0.15) is 35.9 Å². The van der Waals surface area contributed by atoms with E-state index in [1.54, 1.807) is 17.5 Å². The van der Waals surface area contributed by atoms with Gasteiger partial charge in [-0.2, -0.15) is 18.3 Å². The van der Waals surface area contributed by atoms with Gasteiger partial charge in [0.25, 0.3) is 5.91 Å². The van der Waals surface area contributed by atoms with E-state index in [2.05, 4.69) is 15.4 Å². The first-order valence-corrected chi connectivity index (χ1v) is 9.07. The number of aromatic nitrogens is 3. The molecule has 0 unspecified atom stereocenters. The zero-order chi connectivity index (χ0) is 18.9. The van der Waals surface area contributed by atoms with Crippen LogP contribution in [-0.2, 0) is 6.18 Å². The van der Waals surface area contributed by atoms with Crippen LogP contribution in [0.3, 0.4) is 0 Å². The highest BCUT2D eigenvalue weighted by Gasteiger charge is 2.36. The van der Waals surface area contributed by atoms with Crippen LogP contribution in [0.25, 0.3) is 16.2 Å². The molecule has 0 spiro atoms. The number of thiophene rings is 1. The third-order valence-corrected chi connectivity index (χ3v) is 4.87. The summed E-state index contributed by atoms with van der Waals surface area (Å²) >= 11 is 7.40. The molecule has 3 aromatic rings. The smallest absolute Gasteiger partial charge is 0.351 e. The molecule has 0 aliphatic heterocycles. The third kappa shape index (κ3) is 3.54. The Balaban J connectivity index is 2.14. The minimum absolute atomic E-state index is 0.125. The van der Waals surface area contributed by atoms with Crippen molar-refractivity contribution in [2.75, 3.05) is 6.54 Å². The maximum atomic E-state index is 13.5. The van der Waals surface area contributed by atoms with E-state index in [-0.39, 0.29) is 22.1 Å². The Morgan fingerprint density at radius 3 is 2.81 bits per heavy atom. The molecule has 1 N–H and O–H groups in total. The minimum atomic E-state index is -4.68. The summed E-state index contributed by atoms with van der Waals surface area (Å²) in [6.45, 7) is 2.34. The molecule has 0 aliphatic carbocycles. The van der Waals surface area contributed by atoms with E-state index in [9.17, 15) is 18.0 Å². The van der Waals surface area contributed by atoms with Crippen molar-refractivity contribution in [1.82, 2.24) is 19.9 Å². The Hall–Kier alpha value is -2.13. The molecular formula is C16H14ClF3N4OS. The molecule has 3 heterocycles. The Labute approximate surface area is 155 Å². The largest absolute Gasteiger partial charge is 0.433 e. The van der Waals surface area contributed by atoms with Gasteiger partial charge in [-0.05, 0) is 23.9 Å². The lowest BCUT2D eigenvalue weighted by molar-refractivity contribution is -0.142. The Morgan fingerprint density at radius 2 is 2.19 bits per heavy atom. The highest BCUT2D eigenvalue weighted by molar-refractivity contribution is 7.13. The van der Waals surface area contributed by atoms with Crippen molar-refractivity contribution in [3.05, 3.63) is 40.0 Å². The second kappa shape index (κ2) is 7.24. The van der Waals surface area contributed by atoms with Gasteiger partial charge in [0, 0.05) is 6.54 Å². The van der Waals surface area contributed by atoms with Gasteiger partial charge in [-0.1, -0.05) is 31.0 Å². The predicted molar refractivity (Wildman–Crippen MR) is 93.6 cm³/mol. The van der Waals surface area contributed by atoms with Gasteiger partial charge in [-0.25, -0.2) is 9.50 Å². The van der Waals surface area contributed by atoms with Gasteiger partial charge in [0.1, 0.15) is 5.02 Å². The van der Waals surface area contributed by atoms with Crippen LogP contribution < -0.4 is 5.32 Å². The number of hydrogen-bond acceptors (Lipinski definition) is 4. The summed E-state index contributed by atoms with van der Waals surface area (Å²) in [5.74, 6) is -0.625. The van der Waals surface area contributed by atoms with E-state index < -0.39 is 17.8 Å². The van der Waals surface area contributed by atoms with E-state index in [1.807, 2.05) is 6.92 Å². The predicted octanol–water partition coefficient (Wildman–Crippen LogP) is 4.66. The average molecular weight is 403 g/mol. The molecule has 10 heteroatoms. The quantitative estimate of drug-likeness (QED) is 0.631. The monoisotopic (exact) mass is 402 g/mol. The van der Waals surface area contributed by atoms with E-state index >= 15 is 0 Å². The van der Waals surface area contributed by atoms with Crippen LogP contribution >= 0.6 is 22.9 Å². The molecule has 0 bridgehead atoms. The van der Waals surface area contributed by atoms with Crippen molar-refractivity contribution in [2.45, 2.75) is 25.9 Å². The molecule has 1 amide bonds. The second-order valence-corrected chi connectivity index (χ2v) is 6.83. The molecular weight excluding hydrogens is 389 g/mol. The Kier molecular flexibility index (Phi) is 5.19. The van der Waals surface area contributed by atoms with Crippen LogP contribution in [0.15, 0.2) is 23.6 Å². The molecule has 26 heavy (non-hydrogen) atoms. The molecule has 138 valence electrons. The lowest BCUT2D eigenvalue weighted by Crippen LogP contribution is -2.25. The summed E-state index contributed by atoms with van der Waals surface area (Å²) in [7, 11) is 0. The SMILES string of the molecule is CCCCNC(=O)c1nn2c(C(F)(F)F)cc(-c3cccs3)nc2c1Cl. The molecule has 0 aliphatic rings. The summed E-state index contributed by atoms with van der Waals surface area (Å²) in [5.41, 5.74) is -1.39. The first kappa shape index (κ1) is 18.7. The maximum absolute atomic E-state index is 13.5. The van der Waals surface area contributed by atoms with Gasteiger partial charge >= 0.3 is 6.18 Å². The fourth-order valence-electron chi connectivity index (χ4n) is 2.35. The lowest BCUT2D eigenvalue weighted by atomic mass is 10.2. The summed E-state index contributed by atoms with van der Waals surface area (Å²) in [4.78, 5) is 17.0. The fourth-order valence-corrected chi connectivity index (χ4v) is 3.28. The van der Waals surface area contributed by atoms with Crippen molar-refractivity contribution in [2.24, 2.45) is 0 Å². The van der Waals surface area contributed by atoms with E-state index in [1.165, 1.54) is 11.3 Å². The number of nitrogens with zero attached hydrogens (tertiary/aromatic N) is 3. The number of halogens is 4. The summed E-state index contributed by atoms with van der Waals surface area (Å²) in [6, 6.07) is 4.27. The number of hydrogen-bond donors (Lipinski definition) is 1. The Bertz CT molecular complexity index is 937. The van der Waals surface area contributed by atoms with Crippen molar-refractivity contribution in [3.63, 3.8) is 0 Å². The molecule has 0 aromatic carbocycles. The van der Waals surface area contributed by atoms with E-state index in [0.29, 0.717) is 15.9 Å². The summed E-state index contributed by atoms with van der Waals surface area (Å²) in [6.07, 6.45) is -3.08. The third-order valence-electron chi connectivity index (χ3n) is 3.63. The average Bonchev–Trinajstić information content (AvgIpc) is 3.22. The fraction of sp³-hybridized carbons (Fsp3) is 0.312. The topological polar surface area (TPSA) is 59.3 Å². The number of rotatable bonds is 5. The molecule has 3 rings (SSSR count). The van der Waals surface area contributed by atoms with E-state index in [0.717, 1.165) is 18.9 Å². The summed E-state index contributed by atoms with van der Waals surface area (Å²) in [5, 5.41) is 7.90. The van der Waals surface area contributed by atoms with Gasteiger partial charge in [-0.15, -0.1) is 11.3 Å². The highest BCUT2D eigenvalue weighted by atomic mass is 35.5. The molecule has 3 aromatic heterocycles. The number of amides is 1. The van der Waals surface area contributed by atoms with Gasteiger partial charge in [0.2, 0.25) is 0 Å². The first-order valence-electron chi connectivity index (χ1n) is 7.81. The Morgan fingerprint density at radius 1 is 1.42 bits per heavy atom. The van der Waals surface area contributed by atoms with Crippen LogP contribution in [-0.4, -0.2) is 27.0 Å². The number of unbranched alkanes of at least 4 members (excludes halogenated alkanes) is 1. The molecule has 0 radical (unpaired) electrons. The van der Waals surface area contributed by atoms with Crippen molar-refractivity contribution in [1.29, 1.82) is 0 Å². The van der Waals surface area contributed by atoms with Crippen LogP contribution in [0.4, 0.5) is 13.2 Å². The van der Waals surface area contributed by atoms with Crippen molar-refractivity contribution < 1.29 is 18.0 Å². The van der Waals surface area contributed by atoms with Crippen molar-refractivity contribution in [3.8, 4) is 10.6 Å². The zero-order valence-corrected chi connectivity index (χ0v) is 15.2. The number of fused-ring (bicyclic) bond motifs is 1. The van der Waals surface area contributed by atoms with Crippen LogP contribution in [0.2, 0.25) is 5.02 Å². The number of carbonyl (C=O) groups is 1. The second-order valence-electron chi connectivity index (χ2n) is 5.51. The molecule has 0 saturated heterocycles. The zero-order valence-electron chi connectivity index (χ0n) is 13.6. The van der Waals surface area contributed by atoms with Gasteiger partial charge < -0.3 is 5.32 Å². The summed E-state index contributed by atoms with van der Waals surface area (Å²) < 4.78 is 41.1. The molecule has 5 nitrogen and oxygen atoms in total. The number of alkyl halides is 3. The lowest BCUT2D eigenvalue weighted by Gasteiger charge is -2.10. The standard InChI is InChI=1S/C16H14ClF3N4OS/c1-2-3-6-21-15(25)13-12(17)14-22-9(10-5-4-7-26-10)8-11(16(18,19)20)24(14)23-13/h4-5,7-8H,2-3,6H2,1H3,(H,21,25). The highest BCUT2D eigenvalue weighted by Crippen LogP contribution is 2.35. The van der Waals surface area contributed by atoms with Crippen molar-refractivity contribution >= 4 is 34.5 Å². The van der Waals surface area contributed by atoms with Gasteiger partial charge in [-0.3, -0.25) is 4.79 Å². The maximum Gasteiger partial charge on any atom is 0.433 e. The van der Waals surface area contributed by atoms with Gasteiger partial charge in [0.15, 0.2) is 17.0 Å². The van der Waals surface area contributed by atoms with Crippen LogP contribution in [0, 0.1) is 0 Å². The molecule has 0 fully saturated rings. The number of carbonyl (C=O) groups excluding carboxylic acids is 1. The normalized spacial score (nSPS) is 11.9. The minimum Gasteiger partial charge on any atom is -0.351 e. The molecule has 0 atom stereocenters. The number of nitrogens with one attached hydrogen (secondary N) is 1. The van der Waals surface area contributed by atoms with Crippen LogP contribution in [0.5, 0.6) is 0 Å². The van der Waals surface area contributed by atoms with E-state index in [4.69, 9.17) is 11.6 Å². The van der Waals surface area contributed by atoms with Gasteiger partial charge in [0.05, 0.1) is 10.6 Å². The molecule has 0 saturated carbocycles.